The first kappa shape index (κ1) is 12.5. The van der Waals surface area contributed by atoms with Crippen LogP contribution in [0, 0.1) is 12.7 Å². The number of nitrogens with zero attached hydrogens (tertiary/aromatic N) is 1. The minimum atomic E-state index is -0.159. The van der Waals surface area contributed by atoms with Gasteiger partial charge in [-0.2, -0.15) is 0 Å². The van der Waals surface area contributed by atoms with Crippen LogP contribution in [-0.4, -0.2) is 24.5 Å². The molecule has 0 aliphatic heterocycles. The van der Waals surface area contributed by atoms with E-state index in [2.05, 4.69) is 11.9 Å². The van der Waals surface area contributed by atoms with Crippen LogP contribution in [0.1, 0.15) is 36.4 Å². The van der Waals surface area contributed by atoms with E-state index in [4.69, 9.17) is 5.73 Å². The molecule has 1 atom stereocenters. The van der Waals surface area contributed by atoms with Crippen molar-refractivity contribution in [1.82, 2.24) is 4.90 Å². The van der Waals surface area contributed by atoms with Gasteiger partial charge in [-0.1, -0.05) is 12.1 Å². The average molecular weight is 236 g/mol. The highest BCUT2D eigenvalue weighted by Crippen LogP contribution is 2.26. The normalized spacial score (nSPS) is 17.5. The van der Waals surface area contributed by atoms with Gasteiger partial charge in [-0.05, 0) is 57.0 Å². The van der Waals surface area contributed by atoms with Gasteiger partial charge >= 0.3 is 0 Å². The van der Waals surface area contributed by atoms with E-state index in [1.807, 2.05) is 6.07 Å². The molecule has 0 aromatic heterocycles. The second kappa shape index (κ2) is 5.15. The SMILES string of the molecule is Cc1ccc(C(N)CCN(C)C2CC2)cc1F. The summed E-state index contributed by atoms with van der Waals surface area (Å²) in [7, 11) is 2.14. The Kier molecular flexibility index (Phi) is 3.79. The molecule has 0 spiro atoms. The van der Waals surface area contributed by atoms with Crippen molar-refractivity contribution < 1.29 is 4.39 Å². The first-order valence-electron chi connectivity index (χ1n) is 6.30. The van der Waals surface area contributed by atoms with E-state index in [9.17, 15) is 4.39 Å². The average Bonchev–Trinajstić information content (AvgIpc) is 3.13. The molecule has 1 unspecified atom stereocenters. The maximum Gasteiger partial charge on any atom is 0.126 e. The van der Waals surface area contributed by atoms with Crippen molar-refractivity contribution in [3.05, 3.63) is 35.1 Å². The first-order valence-corrected chi connectivity index (χ1v) is 6.30. The van der Waals surface area contributed by atoms with Gasteiger partial charge in [0, 0.05) is 12.1 Å². The lowest BCUT2D eigenvalue weighted by molar-refractivity contribution is 0.309. The molecule has 0 radical (unpaired) electrons. The molecule has 2 rings (SSSR count). The molecule has 17 heavy (non-hydrogen) atoms. The zero-order valence-electron chi connectivity index (χ0n) is 10.6. The summed E-state index contributed by atoms with van der Waals surface area (Å²) in [5, 5.41) is 0. The number of nitrogens with two attached hydrogens (primary N) is 1. The topological polar surface area (TPSA) is 29.3 Å². The van der Waals surface area contributed by atoms with Gasteiger partial charge in [0.25, 0.3) is 0 Å². The Bertz CT molecular complexity index is 388. The lowest BCUT2D eigenvalue weighted by atomic mass is 10.0. The summed E-state index contributed by atoms with van der Waals surface area (Å²) in [6.45, 7) is 2.76. The maximum absolute atomic E-state index is 13.4. The highest BCUT2D eigenvalue weighted by molar-refractivity contribution is 5.25. The standard InChI is InChI=1S/C14H21FN2/c1-10-3-4-11(9-13(10)15)14(16)7-8-17(2)12-5-6-12/h3-4,9,12,14H,5-8,16H2,1-2H3. The molecule has 1 aliphatic carbocycles. The molecule has 0 saturated heterocycles. The maximum atomic E-state index is 13.4. The molecule has 2 nitrogen and oxygen atoms in total. The third-order valence-corrected chi connectivity index (χ3v) is 3.59. The Morgan fingerprint density at radius 2 is 2.18 bits per heavy atom. The van der Waals surface area contributed by atoms with E-state index >= 15 is 0 Å². The van der Waals surface area contributed by atoms with Crippen molar-refractivity contribution in [3.63, 3.8) is 0 Å². The molecule has 1 aliphatic rings. The number of benzene rings is 1. The number of hydrogen-bond acceptors (Lipinski definition) is 2. The summed E-state index contributed by atoms with van der Waals surface area (Å²) >= 11 is 0. The Balaban J connectivity index is 1.89. The minimum Gasteiger partial charge on any atom is -0.324 e. The second-order valence-corrected chi connectivity index (χ2v) is 5.12. The molecule has 1 aromatic carbocycles. The minimum absolute atomic E-state index is 0.0636. The molecular formula is C14H21FN2. The Morgan fingerprint density at radius 1 is 1.47 bits per heavy atom. The van der Waals surface area contributed by atoms with E-state index in [-0.39, 0.29) is 11.9 Å². The molecule has 3 heteroatoms. The molecule has 0 bridgehead atoms. The molecule has 94 valence electrons. The molecule has 2 N–H and O–H groups in total. The van der Waals surface area contributed by atoms with E-state index in [1.165, 1.54) is 12.8 Å². The number of halogens is 1. The highest BCUT2D eigenvalue weighted by atomic mass is 19.1. The smallest absolute Gasteiger partial charge is 0.126 e. The number of aryl methyl sites for hydroxylation is 1. The van der Waals surface area contributed by atoms with Crippen LogP contribution in [-0.2, 0) is 0 Å². The van der Waals surface area contributed by atoms with Crippen LogP contribution in [0.3, 0.4) is 0 Å². The van der Waals surface area contributed by atoms with Crippen molar-refractivity contribution in [3.8, 4) is 0 Å². The zero-order valence-corrected chi connectivity index (χ0v) is 10.6. The van der Waals surface area contributed by atoms with Crippen LogP contribution in [0.4, 0.5) is 4.39 Å². The number of hydrogen-bond donors (Lipinski definition) is 1. The van der Waals surface area contributed by atoms with Crippen LogP contribution < -0.4 is 5.73 Å². The monoisotopic (exact) mass is 236 g/mol. The molecule has 0 amide bonds. The van der Waals surface area contributed by atoms with Crippen LogP contribution >= 0.6 is 0 Å². The van der Waals surface area contributed by atoms with E-state index < -0.39 is 0 Å². The number of rotatable bonds is 5. The fourth-order valence-corrected chi connectivity index (χ4v) is 2.05. The zero-order chi connectivity index (χ0) is 12.4. The van der Waals surface area contributed by atoms with Crippen LogP contribution in [0.25, 0.3) is 0 Å². The molecule has 0 heterocycles. The molecular weight excluding hydrogens is 215 g/mol. The fraction of sp³-hybridized carbons (Fsp3) is 0.571. The largest absolute Gasteiger partial charge is 0.324 e. The van der Waals surface area contributed by atoms with Gasteiger partial charge in [0.15, 0.2) is 0 Å². The fourth-order valence-electron chi connectivity index (χ4n) is 2.05. The Labute approximate surface area is 103 Å². The quantitative estimate of drug-likeness (QED) is 0.851. The molecule has 1 aromatic rings. The molecule has 1 fully saturated rings. The first-order chi connectivity index (χ1) is 8.08. The van der Waals surface area contributed by atoms with Gasteiger partial charge in [0.2, 0.25) is 0 Å². The summed E-state index contributed by atoms with van der Waals surface area (Å²) in [4.78, 5) is 2.35. The van der Waals surface area contributed by atoms with Crippen LogP contribution in [0.2, 0.25) is 0 Å². The van der Waals surface area contributed by atoms with Crippen molar-refractivity contribution in [2.45, 2.75) is 38.3 Å². The molecule has 1 saturated carbocycles. The van der Waals surface area contributed by atoms with Gasteiger partial charge < -0.3 is 10.6 Å². The van der Waals surface area contributed by atoms with Gasteiger partial charge in [-0.25, -0.2) is 4.39 Å². The third-order valence-electron chi connectivity index (χ3n) is 3.59. The second-order valence-electron chi connectivity index (χ2n) is 5.12. The summed E-state index contributed by atoms with van der Waals surface area (Å²) in [6.07, 6.45) is 3.51. The van der Waals surface area contributed by atoms with Crippen molar-refractivity contribution >= 4 is 0 Å². The van der Waals surface area contributed by atoms with E-state index in [0.29, 0.717) is 5.56 Å². The highest BCUT2D eigenvalue weighted by Gasteiger charge is 2.25. The van der Waals surface area contributed by atoms with Crippen molar-refractivity contribution in [2.24, 2.45) is 5.73 Å². The predicted octanol–water partition coefficient (Wildman–Crippen LogP) is 2.62. The summed E-state index contributed by atoms with van der Waals surface area (Å²) in [5.41, 5.74) is 7.67. The predicted molar refractivity (Wildman–Crippen MR) is 68.3 cm³/mol. The van der Waals surface area contributed by atoms with Gasteiger partial charge in [0.1, 0.15) is 5.82 Å². The van der Waals surface area contributed by atoms with Gasteiger partial charge in [-0.3, -0.25) is 0 Å². The Hall–Kier alpha value is -0.930. The van der Waals surface area contributed by atoms with E-state index in [1.54, 1.807) is 19.1 Å². The van der Waals surface area contributed by atoms with Crippen LogP contribution in [0.5, 0.6) is 0 Å². The van der Waals surface area contributed by atoms with Gasteiger partial charge in [0.05, 0.1) is 0 Å². The Morgan fingerprint density at radius 3 is 2.76 bits per heavy atom. The summed E-state index contributed by atoms with van der Waals surface area (Å²) < 4.78 is 13.4. The van der Waals surface area contributed by atoms with E-state index in [0.717, 1.165) is 24.6 Å². The lowest BCUT2D eigenvalue weighted by Crippen LogP contribution is -2.25. The lowest BCUT2D eigenvalue weighted by Gasteiger charge is -2.19. The third kappa shape index (κ3) is 3.27. The van der Waals surface area contributed by atoms with Crippen LogP contribution in [0.15, 0.2) is 18.2 Å². The summed E-state index contributed by atoms with van der Waals surface area (Å²) in [5.74, 6) is -0.159. The van der Waals surface area contributed by atoms with Crippen molar-refractivity contribution in [1.29, 1.82) is 0 Å². The van der Waals surface area contributed by atoms with Crippen molar-refractivity contribution in [2.75, 3.05) is 13.6 Å². The van der Waals surface area contributed by atoms with Gasteiger partial charge in [-0.15, -0.1) is 0 Å². The summed E-state index contributed by atoms with van der Waals surface area (Å²) in [6, 6.07) is 6.00.